The van der Waals surface area contributed by atoms with Gasteiger partial charge in [0.05, 0.1) is 12.1 Å². The molecule has 21 heavy (non-hydrogen) atoms. The average molecular weight is 347 g/mol. The molecule has 0 saturated heterocycles. The Balaban J connectivity index is 2.15. The quantitative estimate of drug-likeness (QED) is 0.925. The first-order valence-electron chi connectivity index (χ1n) is 6.55. The number of amides is 1. The number of anilines is 1. The van der Waals surface area contributed by atoms with E-state index >= 15 is 0 Å². The van der Waals surface area contributed by atoms with E-state index in [2.05, 4.69) is 32.4 Å². The molecule has 5 nitrogen and oxygen atoms in total. The fourth-order valence-electron chi connectivity index (χ4n) is 2.05. The third kappa shape index (κ3) is 3.50. The van der Waals surface area contributed by atoms with E-state index in [9.17, 15) is 10.1 Å². The third-order valence-corrected chi connectivity index (χ3v) is 3.63. The Hall–Kier alpha value is -2.13. The van der Waals surface area contributed by atoms with Gasteiger partial charge in [0.1, 0.15) is 17.5 Å². The molecule has 0 bridgehead atoms. The number of benzene rings is 1. The van der Waals surface area contributed by atoms with E-state index in [4.69, 9.17) is 0 Å². The fourth-order valence-corrected chi connectivity index (χ4v) is 2.32. The zero-order chi connectivity index (χ0) is 15.4. The summed E-state index contributed by atoms with van der Waals surface area (Å²) in [6.07, 6.45) is 0.907. The van der Waals surface area contributed by atoms with Gasteiger partial charge in [-0.3, -0.25) is 9.48 Å². The molecule has 1 N–H and O–H groups in total. The largest absolute Gasteiger partial charge is 0.310 e. The molecule has 1 aromatic heterocycles. The molecule has 6 heteroatoms. The van der Waals surface area contributed by atoms with Gasteiger partial charge in [-0.25, -0.2) is 0 Å². The maximum atomic E-state index is 12.1. The first-order chi connectivity index (χ1) is 10.0. The van der Waals surface area contributed by atoms with Crippen LogP contribution in [0.4, 0.5) is 5.82 Å². The summed E-state index contributed by atoms with van der Waals surface area (Å²) in [4.78, 5) is 12.1. The minimum absolute atomic E-state index is 0.167. The van der Waals surface area contributed by atoms with Crippen molar-refractivity contribution in [1.82, 2.24) is 9.78 Å². The zero-order valence-electron chi connectivity index (χ0n) is 11.9. The van der Waals surface area contributed by atoms with E-state index in [1.165, 1.54) is 4.68 Å². The van der Waals surface area contributed by atoms with E-state index in [0.717, 1.165) is 10.0 Å². The number of halogens is 1. The Kier molecular flexibility index (Phi) is 4.76. The number of nitriles is 1. The van der Waals surface area contributed by atoms with Crippen molar-refractivity contribution in [2.45, 2.75) is 19.8 Å². The average Bonchev–Trinajstić information content (AvgIpc) is 2.77. The second kappa shape index (κ2) is 6.55. The summed E-state index contributed by atoms with van der Waals surface area (Å²) in [5.41, 5.74) is 2.04. The van der Waals surface area contributed by atoms with Gasteiger partial charge >= 0.3 is 0 Å². The van der Waals surface area contributed by atoms with Gasteiger partial charge in [-0.05, 0) is 24.1 Å². The van der Waals surface area contributed by atoms with Gasteiger partial charge < -0.3 is 5.32 Å². The molecule has 0 atom stereocenters. The topological polar surface area (TPSA) is 70.7 Å². The van der Waals surface area contributed by atoms with Crippen LogP contribution < -0.4 is 5.32 Å². The summed E-state index contributed by atoms with van der Waals surface area (Å²) in [6.45, 7) is 1.93. The smallest absolute Gasteiger partial charge is 0.229 e. The SMILES string of the molecule is CCc1nn(C)c(NC(=O)Cc2ccc(Br)cc2)c1C#N. The van der Waals surface area contributed by atoms with Gasteiger partial charge in [0, 0.05) is 11.5 Å². The number of nitrogens with zero attached hydrogens (tertiary/aromatic N) is 3. The fraction of sp³-hybridized carbons (Fsp3) is 0.267. The molecule has 0 saturated carbocycles. The first-order valence-corrected chi connectivity index (χ1v) is 7.34. The summed E-state index contributed by atoms with van der Waals surface area (Å²) < 4.78 is 2.51. The van der Waals surface area contributed by atoms with Crippen LogP contribution in [0, 0.1) is 11.3 Å². The number of hydrogen-bond donors (Lipinski definition) is 1. The molecule has 1 heterocycles. The molecular weight excluding hydrogens is 332 g/mol. The molecule has 0 aliphatic heterocycles. The number of carbonyl (C=O) groups excluding carboxylic acids is 1. The van der Waals surface area contributed by atoms with Crippen LogP contribution in [0.15, 0.2) is 28.7 Å². The van der Waals surface area contributed by atoms with Crippen molar-refractivity contribution < 1.29 is 4.79 Å². The molecular formula is C15H15BrN4O. The van der Waals surface area contributed by atoms with Gasteiger partial charge in [-0.1, -0.05) is 35.0 Å². The lowest BCUT2D eigenvalue weighted by Gasteiger charge is -2.06. The van der Waals surface area contributed by atoms with Gasteiger partial charge in [0.25, 0.3) is 0 Å². The maximum Gasteiger partial charge on any atom is 0.229 e. The van der Waals surface area contributed by atoms with Gasteiger partial charge in [0.2, 0.25) is 5.91 Å². The van der Waals surface area contributed by atoms with E-state index in [-0.39, 0.29) is 12.3 Å². The Bertz CT molecular complexity index is 698. The van der Waals surface area contributed by atoms with Crippen LogP contribution in [0.2, 0.25) is 0 Å². The first kappa shape index (κ1) is 15.3. The van der Waals surface area contributed by atoms with Crippen LogP contribution in [0.1, 0.15) is 23.7 Å². The number of aromatic nitrogens is 2. The van der Waals surface area contributed by atoms with Crippen molar-refractivity contribution >= 4 is 27.7 Å². The van der Waals surface area contributed by atoms with Crippen molar-refractivity contribution in [3.63, 3.8) is 0 Å². The van der Waals surface area contributed by atoms with Crippen molar-refractivity contribution in [2.75, 3.05) is 5.32 Å². The number of nitrogens with one attached hydrogen (secondary N) is 1. The van der Waals surface area contributed by atoms with Crippen LogP contribution >= 0.6 is 15.9 Å². The van der Waals surface area contributed by atoms with E-state index < -0.39 is 0 Å². The number of carbonyl (C=O) groups is 1. The second-order valence-electron chi connectivity index (χ2n) is 4.61. The molecule has 0 radical (unpaired) electrons. The summed E-state index contributed by atoms with van der Waals surface area (Å²) in [6, 6.07) is 9.66. The van der Waals surface area contributed by atoms with E-state index in [1.807, 2.05) is 31.2 Å². The van der Waals surface area contributed by atoms with Crippen LogP contribution in [0.25, 0.3) is 0 Å². The summed E-state index contributed by atoms with van der Waals surface area (Å²) >= 11 is 3.36. The predicted octanol–water partition coefficient (Wildman–Crippen LogP) is 2.80. The molecule has 0 unspecified atom stereocenters. The summed E-state index contributed by atoms with van der Waals surface area (Å²) in [5, 5.41) is 16.2. The Morgan fingerprint density at radius 2 is 2.10 bits per heavy atom. The van der Waals surface area contributed by atoms with Crippen LogP contribution in [0.5, 0.6) is 0 Å². The standard InChI is InChI=1S/C15H15BrN4O/c1-3-13-12(9-17)15(20(2)19-13)18-14(21)8-10-4-6-11(16)7-5-10/h4-7H,3,8H2,1-2H3,(H,18,21). The van der Waals surface area contributed by atoms with E-state index in [1.54, 1.807) is 7.05 Å². The van der Waals surface area contributed by atoms with Crippen LogP contribution in [0.3, 0.4) is 0 Å². The number of rotatable bonds is 4. The number of hydrogen-bond acceptors (Lipinski definition) is 3. The summed E-state index contributed by atoms with van der Waals surface area (Å²) in [7, 11) is 1.72. The van der Waals surface area contributed by atoms with E-state index in [0.29, 0.717) is 23.5 Å². The van der Waals surface area contributed by atoms with Crippen LogP contribution in [-0.4, -0.2) is 15.7 Å². The third-order valence-electron chi connectivity index (χ3n) is 3.10. The molecule has 1 aromatic carbocycles. The Morgan fingerprint density at radius 3 is 2.67 bits per heavy atom. The van der Waals surface area contributed by atoms with Gasteiger partial charge in [0.15, 0.2) is 0 Å². The second-order valence-corrected chi connectivity index (χ2v) is 5.53. The lowest BCUT2D eigenvalue weighted by Crippen LogP contribution is -2.17. The minimum Gasteiger partial charge on any atom is -0.310 e. The lowest BCUT2D eigenvalue weighted by atomic mass is 10.1. The summed E-state index contributed by atoms with van der Waals surface area (Å²) in [5.74, 6) is 0.288. The van der Waals surface area contributed by atoms with Crippen molar-refractivity contribution in [3.05, 3.63) is 45.6 Å². The van der Waals surface area contributed by atoms with Crippen molar-refractivity contribution in [3.8, 4) is 6.07 Å². The lowest BCUT2D eigenvalue weighted by molar-refractivity contribution is -0.115. The number of aryl methyl sites for hydroxylation is 2. The molecule has 2 aromatic rings. The maximum absolute atomic E-state index is 12.1. The monoisotopic (exact) mass is 346 g/mol. The van der Waals surface area contributed by atoms with Gasteiger partial charge in [-0.2, -0.15) is 10.4 Å². The highest BCUT2D eigenvalue weighted by Gasteiger charge is 2.16. The van der Waals surface area contributed by atoms with Crippen molar-refractivity contribution in [1.29, 1.82) is 5.26 Å². The molecule has 0 aliphatic carbocycles. The molecule has 0 aliphatic rings. The molecule has 0 spiro atoms. The van der Waals surface area contributed by atoms with Crippen molar-refractivity contribution in [2.24, 2.45) is 7.05 Å². The normalized spacial score (nSPS) is 10.2. The zero-order valence-corrected chi connectivity index (χ0v) is 13.4. The highest BCUT2D eigenvalue weighted by atomic mass is 79.9. The van der Waals surface area contributed by atoms with Crippen LogP contribution in [-0.2, 0) is 24.7 Å². The molecule has 108 valence electrons. The molecule has 2 rings (SSSR count). The Morgan fingerprint density at radius 1 is 1.43 bits per heavy atom. The highest BCUT2D eigenvalue weighted by molar-refractivity contribution is 9.10. The molecule has 0 fully saturated rings. The van der Waals surface area contributed by atoms with Gasteiger partial charge in [-0.15, -0.1) is 0 Å². The predicted molar refractivity (Wildman–Crippen MR) is 83.8 cm³/mol. The minimum atomic E-state index is -0.167. The highest BCUT2D eigenvalue weighted by Crippen LogP contribution is 2.19. The Labute approximate surface area is 131 Å². The molecule has 1 amide bonds.